The fraction of sp³-hybridized carbons (Fsp3) is 0.143. The third kappa shape index (κ3) is 3.20. The van der Waals surface area contributed by atoms with Crippen LogP contribution in [0.15, 0.2) is 42.5 Å². The summed E-state index contributed by atoms with van der Waals surface area (Å²) >= 11 is 5.51. The SMILES string of the molecule is Fc1cc(F)cc(-c2ccc(OCCCl)cc2)c1. The van der Waals surface area contributed by atoms with Crippen molar-refractivity contribution < 1.29 is 13.5 Å². The molecule has 0 saturated carbocycles. The van der Waals surface area contributed by atoms with E-state index >= 15 is 0 Å². The third-order valence-electron chi connectivity index (χ3n) is 2.40. The van der Waals surface area contributed by atoms with Gasteiger partial charge in [-0.3, -0.25) is 0 Å². The Balaban J connectivity index is 2.23. The zero-order chi connectivity index (χ0) is 13.0. The lowest BCUT2D eigenvalue weighted by molar-refractivity contribution is 0.343. The molecular formula is C14H11ClF2O. The van der Waals surface area contributed by atoms with Crippen molar-refractivity contribution in [2.45, 2.75) is 0 Å². The summed E-state index contributed by atoms with van der Waals surface area (Å²) in [7, 11) is 0. The van der Waals surface area contributed by atoms with Gasteiger partial charge < -0.3 is 4.74 Å². The molecule has 0 aromatic heterocycles. The third-order valence-corrected chi connectivity index (χ3v) is 2.55. The second kappa shape index (κ2) is 5.83. The van der Waals surface area contributed by atoms with E-state index < -0.39 is 11.6 Å². The lowest BCUT2D eigenvalue weighted by Gasteiger charge is -2.06. The van der Waals surface area contributed by atoms with E-state index in [2.05, 4.69) is 0 Å². The van der Waals surface area contributed by atoms with Crippen LogP contribution in [-0.4, -0.2) is 12.5 Å². The van der Waals surface area contributed by atoms with E-state index in [1.54, 1.807) is 24.3 Å². The zero-order valence-electron chi connectivity index (χ0n) is 9.50. The molecule has 0 radical (unpaired) electrons. The van der Waals surface area contributed by atoms with Crippen molar-refractivity contribution in [3.63, 3.8) is 0 Å². The number of halogens is 3. The van der Waals surface area contributed by atoms with Crippen molar-refractivity contribution in [3.8, 4) is 16.9 Å². The van der Waals surface area contributed by atoms with Crippen LogP contribution in [0.3, 0.4) is 0 Å². The van der Waals surface area contributed by atoms with Gasteiger partial charge in [0.15, 0.2) is 0 Å². The average molecular weight is 269 g/mol. The Hall–Kier alpha value is -1.61. The summed E-state index contributed by atoms with van der Waals surface area (Å²) in [6, 6.07) is 10.4. The van der Waals surface area contributed by atoms with Crippen molar-refractivity contribution >= 4 is 11.6 Å². The Morgan fingerprint density at radius 1 is 0.889 bits per heavy atom. The first kappa shape index (κ1) is 12.8. The van der Waals surface area contributed by atoms with Crippen molar-refractivity contribution in [3.05, 3.63) is 54.1 Å². The van der Waals surface area contributed by atoms with Crippen LogP contribution in [0.2, 0.25) is 0 Å². The first-order chi connectivity index (χ1) is 8.69. The summed E-state index contributed by atoms with van der Waals surface area (Å²) in [5, 5.41) is 0. The number of hydrogen-bond donors (Lipinski definition) is 0. The number of rotatable bonds is 4. The first-order valence-corrected chi connectivity index (χ1v) is 5.98. The molecule has 0 bridgehead atoms. The van der Waals surface area contributed by atoms with Gasteiger partial charge in [0.05, 0.1) is 5.88 Å². The molecule has 4 heteroatoms. The fourth-order valence-electron chi connectivity index (χ4n) is 1.62. The summed E-state index contributed by atoms with van der Waals surface area (Å²) in [6.45, 7) is 0.426. The molecule has 0 saturated heterocycles. The maximum atomic E-state index is 13.1. The standard InChI is InChI=1S/C14H11ClF2O/c15-5-6-18-14-3-1-10(2-4-14)11-7-12(16)9-13(17)8-11/h1-4,7-9H,5-6H2. The predicted octanol–water partition coefficient (Wildman–Crippen LogP) is 4.25. The lowest BCUT2D eigenvalue weighted by Crippen LogP contribution is -1.97. The molecule has 0 amide bonds. The maximum Gasteiger partial charge on any atom is 0.126 e. The van der Waals surface area contributed by atoms with Crippen molar-refractivity contribution in [1.82, 2.24) is 0 Å². The van der Waals surface area contributed by atoms with Crippen LogP contribution in [0.25, 0.3) is 11.1 Å². The minimum atomic E-state index is -0.590. The van der Waals surface area contributed by atoms with E-state index in [1.165, 1.54) is 12.1 Å². The quantitative estimate of drug-likeness (QED) is 0.753. The van der Waals surface area contributed by atoms with Crippen LogP contribution < -0.4 is 4.74 Å². The second-order valence-corrected chi connectivity index (χ2v) is 4.10. The topological polar surface area (TPSA) is 9.23 Å². The van der Waals surface area contributed by atoms with Gasteiger partial charge in [-0.25, -0.2) is 8.78 Å². The highest BCUT2D eigenvalue weighted by molar-refractivity contribution is 6.18. The van der Waals surface area contributed by atoms with Gasteiger partial charge in [-0.1, -0.05) is 12.1 Å². The normalized spacial score (nSPS) is 10.4. The molecule has 2 aromatic rings. The Morgan fingerprint density at radius 3 is 2.06 bits per heavy atom. The van der Waals surface area contributed by atoms with Gasteiger partial charge >= 0.3 is 0 Å². The molecule has 0 heterocycles. The average Bonchev–Trinajstić information content (AvgIpc) is 2.36. The van der Waals surface area contributed by atoms with Crippen LogP contribution in [0.1, 0.15) is 0 Å². The largest absolute Gasteiger partial charge is 0.492 e. The van der Waals surface area contributed by atoms with E-state index in [4.69, 9.17) is 16.3 Å². The van der Waals surface area contributed by atoms with Crippen LogP contribution in [0.5, 0.6) is 5.75 Å². The van der Waals surface area contributed by atoms with E-state index in [-0.39, 0.29) is 0 Å². The molecule has 0 N–H and O–H groups in total. The van der Waals surface area contributed by atoms with E-state index in [0.717, 1.165) is 11.6 Å². The molecule has 94 valence electrons. The highest BCUT2D eigenvalue weighted by Gasteiger charge is 2.03. The van der Waals surface area contributed by atoms with Gasteiger partial charge in [-0.05, 0) is 35.4 Å². The fourth-order valence-corrected chi connectivity index (χ4v) is 1.70. The molecule has 0 aliphatic carbocycles. The number of hydrogen-bond acceptors (Lipinski definition) is 1. The summed E-state index contributed by atoms with van der Waals surface area (Å²) in [5.41, 5.74) is 1.23. The Morgan fingerprint density at radius 2 is 1.50 bits per heavy atom. The summed E-state index contributed by atoms with van der Waals surface area (Å²) in [4.78, 5) is 0. The number of alkyl halides is 1. The monoisotopic (exact) mass is 268 g/mol. The van der Waals surface area contributed by atoms with Crippen molar-refractivity contribution in [2.75, 3.05) is 12.5 Å². The summed E-state index contributed by atoms with van der Waals surface area (Å²) < 4.78 is 31.5. The Kier molecular flexibility index (Phi) is 4.15. The molecule has 0 aliphatic rings. The molecule has 2 rings (SSSR count). The number of benzene rings is 2. The summed E-state index contributed by atoms with van der Waals surface area (Å²) in [5.74, 6) is -0.0900. The molecule has 0 aliphatic heterocycles. The van der Waals surface area contributed by atoms with Crippen LogP contribution in [0, 0.1) is 11.6 Å². The Bertz CT molecular complexity index is 506. The minimum Gasteiger partial charge on any atom is -0.492 e. The van der Waals surface area contributed by atoms with Crippen LogP contribution >= 0.6 is 11.6 Å². The lowest BCUT2D eigenvalue weighted by atomic mass is 10.1. The van der Waals surface area contributed by atoms with E-state index in [1.807, 2.05) is 0 Å². The van der Waals surface area contributed by atoms with E-state index in [0.29, 0.717) is 23.8 Å². The number of ether oxygens (including phenoxy) is 1. The summed E-state index contributed by atoms with van der Waals surface area (Å²) in [6.07, 6.45) is 0. The molecule has 0 fully saturated rings. The van der Waals surface area contributed by atoms with Gasteiger partial charge in [-0.15, -0.1) is 11.6 Å². The molecule has 1 nitrogen and oxygen atoms in total. The molecule has 2 aromatic carbocycles. The van der Waals surface area contributed by atoms with Crippen LogP contribution in [-0.2, 0) is 0 Å². The van der Waals surface area contributed by atoms with Gasteiger partial charge in [0.2, 0.25) is 0 Å². The van der Waals surface area contributed by atoms with Gasteiger partial charge in [0, 0.05) is 6.07 Å². The predicted molar refractivity (Wildman–Crippen MR) is 68.0 cm³/mol. The molecular weight excluding hydrogens is 258 g/mol. The first-order valence-electron chi connectivity index (χ1n) is 5.44. The molecule has 0 unspecified atom stereocenters. The second-order valence-electron chi connectivity index (χ2n) is 3.72. The maximum absolute atomic E-state index is 13.1. The molecule has 18 heavy (non-hydrogen) atoms. The Labute approximate surface area is 109 Å². The smallest absolute Gasteiger partial charge is 0.126 e. The van der Waals surface area contributed by atoms with Gasteiger partial charge in [0.1, 0.15) is 24.0 Å². The van der Waals surface area contributed by atoms with Crippen molar-refractivity contribution in [2.24, 2.45) is 0 Å². The van der Waals surface area contributed by atoms with Gasteiger partial charge in [0.25, 0.3) is 0 Å². The van der Waals surface area contributed by atoms with Crippen LogP contribution in [0.4, 0.5) is 8.78 Å². The molecule has 0 spiro atoms. The highest BCUT2D eigenvalue weighted by atomic mass is 35.5. The van der Waals surface area contributed by atoms with Gasteiger partial charge in [-0.2, -0.15) is 0 Å². The van der Waals surface area contributed by atoms with Crippen molar-refractivity contribution in [1.29, 1.82) is 0 Å². The molecule has 0 atom stereocenters. The highest BCUT2D eigenvalue weighted by Crippen LogP contribution is 2.24. The van der Waals surface area contributed by atoms with E-state index in [9.17, 15) is 8.78 Å². The minimum absolute atomic E-state index is 0.414. The zero-order valence-corrected chi connectivity index (χ0v) is 10.3.